The molecule has 2 aliphatic carbocycles. The second-order valence-corrected chi connectivity index (χ2v) is 24.7. The Labute approximate surface area is 505 Å². The SMILES string of the molecule is C=CCN(C(=O)OCc1ccc([N+](=O)[O-])cc1)C1CCN(C2CN([C@@H](C(=O)O)C3CCCCC3)CC2c2ccccc2)CC1.CCN(C(=O)CCc1ccccc1)C1CCN(C)CC1.O=C(O)C(C1CCCCC1)N1CCC(c2ccccc2)C1. The van der Waals surface area contributed by atoms with Crippen molar-refractivity contribution in [2.24, 2.45) is 11.8 Å². The van der Waals surface area contributed by atoms with Crippen LogP contribution in [0.25, 0.3) is 0 Å². The first kappa shape index (κ1) is 64.5. The van der Waals surface area contributed by atoms with Gasteiger partial charge in [-0.3, -0.25) is 39.2 Å². The molecule has 0 radical (unpaired) electrons. The van der Waals surface area contributed by atoms with Crippen LogP contribution in [0, 0.1) is 22.0 Å². The lowest BCUT2D eigenvalue weighted by Gasteiger charge is -2.41. The van der Waals surface area contributed by atoms with Crippen LogP contribution in [0.2, 0.25) is 0 Å². The first-order valence-corrected chi connectivity index (χ1v) is 31.9. The van der Waals surface area contributed by atoms with Gasteiger partial charge in [0.2, 0.25) is 5.91 Å². The molecule has 85 heavy (non-hydrogen) atoms. The molecule has 0 aromatic heterocycles. The van der Waals surface area contributed by atoms with Crippen LogP contribution in [0.4, 0.5) is 10.5 Å². The minimum absolute atomic E-state index is 0.00435. The molecule has 4 aromatic carbocycles. The highest BCUT2D eigenvalue weighted by atomic mass is 16.6. The zero-order valence-electron chi connectivity index (χ0n) is 50.6. The van der Waals surface area contributed by atoms with Crippen molar-refractivity contribution in [3.8, 4) is 0 Å². The predicted octanol–water partition coefficient (Wildman–Crippen LogP) is 11.8. The van der Waals surface area contributed by atoms with E-state index in [1.165, 1.54) is 54.5 Å². The molecule has 0 spiro atoms. The van der Waals surface area contributed by atoms with Crippen molar-refractivity contribution < 1.29 is 39.1 Å². The normalized spacial score (nSPS) is 22.2. The Bertz CT molecular complexity index is 2690. The monoisotopic (exact) mass is 1170 g/mol. The fraction of sp³-hybridized carbons (Fsp3) is 0.565. The summed E-state index contributed by atoms with van der Waals surface area (Å²) in [5, 5.41) is 31.0. The molecule has 5 atom stereocenters. The highest BCUT2D eigenvalue weighted by Crippen LogP contribution is 2.39. The van der Waals surface area contributed by atoms with Gasteiger partial charge >= 0.3 is 18.0 Å². The number of aliphatic carboxylic acids is 2. The third kappa shape index (κ3) is 18.3. The van der Waals surface area contributed by atoms with Crippen LogP contribution in [0.1, 0.15) is 144 Å². The Morgan fingerprint density at radius 2 is 1.16 bits per heavy atom. The average Bonchev–Trinajstić information content (AvgIpc) is 4.07. The lowest BCUT2D eigenvalue weighted by atomic mass is 9.83. The van der Waals surface area contributed by atoms with Gasteiger partial charge in [-0.25, -0.2) is 4.79 Å². The van der Waals surface area contributed by atoms with Crippen LogP contribution in [0.3, 0.4) is 0 Å². The first-order valence-electron chi connectivity index (χ1n) is 31.9. The van der Waals surface area contributed by atoms with E-state index in [1.54, 1.807) is 23.1 Å². The van der Waals surface area contributed by atoms with E-state index in [2.05, 4.69) is 106 Å². The summed E-state index contributed by atoms with van der Waals surface area (Å²) in [4.78, 5) is 73.6. The number of aryl methyl sites for hydroxylation is 1. The van der Waals surface area contributed by atoms with Gasteiger partial charge in [0.05, 0.1) is 4.92 Å². The largest absolute Gasteiger partial charge is 0.480 e. The molecular weight excluding hydrogens is 1070 g/mol. The predicted molar refractivity (Wildman–Crippen MR) is 333 cm³/mol. The number of nitro benzene ring substituents is 1. The summed E-state index contributed by atoms with van der Waals surface area (Å²) in [5.74, 6) is 0.264. The van der Waals surface area contributed by atoms with Gasteiger partial charge in [-0.2, -0.15) is 0 Å². The second-order valence-electron chi connectivity index (χ2n) is 24.7. The molecule has 16 nitrogen and oxygen atoms in total. The van der Waals surface area contributed by atoms with Crippen LogP contribution in [-0.2, 0) is 32.1 Å². The number of rotatable bonds is 20. The minimum atomic E-state index is -0.699. The zero-order valence-corrected chi connectivity index (χ0v) is 50.6. The Balaban J connectivity index is 0.000000189. The highest BCUT2D eigenvalue weighted by molar-refractivity contribution is 5.77. The molecule has 2 amide bonds. The van der Waals surface area contributed by atoms with E-state index < -0.39 is 29.0 Å². The van der Waals surface area contributed by atoms with Gasteiger partial charge < -0.3 is 29.6 Å². The standard InChI is InChI=1S/C34H44N4O6.C18H25NO2.C17H26N2O/c1-2-19-37(34(41)44-24-25-13-15-29(16-14-25)38(42)43)28-17-20-35(21-18-28)31-23-36(22-30(31)26-9-5-3-6-10-26)32(33(39)40)27-11-7-4-8-12-27;20-18(21)17(15-9-5-2-6-10-15)19-12-11-16(13-19)14-7-3-1-4-8-14;1-3-19(16-11-13-18(2)14-12-16)17(20)10-9-15-7-5-4-6-8-15/h2-3,5-6,9-10,13-16,27-28,30-32H,1,4,7-8,11-12,17-24H2,(H,39,40);1,3-4,7-8,15-17H,2,5-6,9-13H2,(H,20,21);4-8,16H,3,9-14H2,1-2H3/t30?,31?,32-;;/m1../s1. The van der Waals surface area contributed by atoms with Crippen molar-refractivity contribution in [1.82, 2.24) is 29.4 Å². The summed E-state index contributed by atoms with van der Waals surface area (Å²) in [6, 6.07) is 37.2. The third-order valence-electron chi connectivity index (χ3n) is 19.3. The lowest BCUT2D eigenvalue weighted by molar-refractivity contribution is -0.384. The van der Waals surface area contributed by atoms with E-state index in [4.69, 9.17) is 4.74 Å². The van der Waals surface area contributed by atoms with Crippen LogP contribution in [0.5, 0.6) is 0 Å². The summed E-state index contributed by atoms with van der Waals surface area (Å²) in [7, 11) is 2.16. The summed E-state index contributed by atoms with van der Waals surface area (Å²) in [6.07, 6.45) is 18.9. The number of hydrogen-bond acceptors (Lipinski definition) is 11. The van der Waals surface area contributed by atoms with E-state index in [-0.39, 0.29) is 42.3 Å². The van der Waals surface area contributed by atoms with Crippen molar-refractivity contribution in [1.29, 1.82) is 0 Å². The number of ether oxygens (including phenoxy) is 1. The fourth-order valence-electron chi connectivity index (χ4n) is 14.7. The van der Waals surface area contributed by atoms with Gasteiger partial charge in [0.1, 0.15) is 18.7 Å². The van der Waals surface area contributed by atoms with Crippen LogP contribution in [-0.4, -0.2) is 171 Å². The van der Waals surface area contributed by atoms with E-state index in [9.17, 15) is 39.5 Å². The number of carbonyl (C=O) groups is 4. The molecule has 6 aliphatic rings. The number of piperidine rings is 2. The number of nitro groups is 1. The molecule has 16 heteroatoms. The van der Waals surface area contributed by atoms with Crippen LogP contribution >= 0.6 is 0 Å². The minimum Gasteiger partial charge on any atom is -0.480 e. The number of nitrogens with zero attached hydrogens (tertiary/aromatic N) is 7. The average molecular weight is 1170 g/mol. The molecular formula is C69H95N7O9. The molecule has 10 rings (SSSR count). The van der Waals surface area contributed by atoms with Gasteiger partial charge in [-0.1, -0.05) is 136 Å². The smallest absolute Gasteiger partial charge is 0.410 e. The fourth-order valence-corrected chi connectivity index (χ4v) is 14.7. The lowest BCUT2D eigenvalue weighted by Crippen LogP contribution is -2.52. The Kier molecular flexibility index (Phi) is 25.0. The molecule has 2 saturated carbocycles. The Morgan fingerprint density at radius 3 is 1.71 bits per heavy atom. The summed E-state index contributed by atoms with van der Waals surface area (Å²) in [6.45, 7) is 14.3. The third-order valence-corrected chi connectivity index (χ3v) is 19.3. The number of amides is 2. The van der Waals surface area contributed by atoms with Crippen LogP contribution in [0.15, 0.2) is 128 Å². The first-order chi connectivity index (χ1) is 41.3. The van der Waals surface area contributed by atoms with Gasteiger partial charge in [-0.15, -0.1) is 6.58 Å². The maximum absolute atomic E-state index is 13.2. The number of carboxylic acid groups (broad SMARTS) is 2. The number of carboxylic acids is 2. The van der Waals surface area contributed by atoms with Crippen molar-refractivity contribution >= 4 is 29.6 Å². The van der Waals surface area contributed by atoms with Gasteiger partial charge in [0.15, 0.2) is 0 Å². The second kappa shape index (κ2) is 32.9. The number of hydrogen-bond donors (Lipinski definition) is 2. The maximum Gasteiger partial charge on any atom is 0.410 e. The molecule has 2 N–H and O–H groups in total. The molecule has 460 valence electrons. The summed E-state index contributed by atoms with van der Waals surface area (Å²) < 4.78 is 5.61. The number of likely N-dealkylation sites (tertiary alicyclic amines) is 4. The van der Waals surface area contributed by atoms with Crippen molar-refractivity contribution in [3.05, 3.63) is 160 Å². The highest BCUT2D eigenvalue weighted by Gasteiger charge is 2.46. The van der Waals surface area contributed by atoms with Gasteiger partial charge in [0, 0.05) is 88.4 Å². The molecule has 4 unspecified atom stereocenters. The molecule has 6 fully saturated rings. The van der Waals surface area contributed by atoms with Crippen LogP contribution < -0.4 is 0 Å². The Morgan fingerprint density at radius 1 is 0.635 bits per heavy atom. The number of non-ortho nitro benzene ring substituents is 1. The summed E-state index contributed by atoms with van der Waals surface area (Å²) in [5.41, 5.74) is 4.53. The maximum atomic E-state index is 13.2. The van der Waals surface area contributed by atoms with Crippen molar-refractivity contribution in [2.75, 3.05) is 72.5 Å². The molecule has 4 heterocycles. The molecule has 4 saturated heterocycles. The van der Waals surface area contributed by atoms with E-state index in [0.29, 0.717) is 42.3 Å². The topological polar surface area (TPSA) is 181 Å². The quantitative estimate of drug-likeness (QED) is 0.0485. The molecule has 4 aliphatic heterocycles. The number of carbonyl (C=O) groups excluding carboxylic acids is 2. The Hall–Kier alpha value is -6.46. The van der Waals surface area contributed by atoms with E-state index in [0.717, 1.165) is 136 Å². The summed E-state index contributed by atoms with van der Waals surface area (Å²) >= 11 is 0. The zero-order chi connectivity index (χ0) is 60.1. The van der Waals surface area contributed by atoms with E-state index >= 15 is 0 Å². The molecule has 0 bridgehead atoms. The number of benzene rings is 4. The van der Waals surface area contributed by atoms with Gasteiger partial charge in [0.25, 0.3) is 5.69 Å². The van der Waals surface area contributed by atoms with E-state index in [1.807, 2.05) is 30.3 Å². The van der Waals surface area contributed by atoms with Crippen molar-refractivity contribution in [3.63, 3.8) is 0 Å². The van der Waals surface area contributed by atoms with Crippen molar-refractivity contribution in [2.45, 2.75) is 165 Å². The molecule has 4 aromatic rings. The van der Waals surface area contributed by atoms with Gasteiger partial charge in [-0.05, 0) is 150 Å².